The largest absolute Gasteiger partial charge is 0.463 e. The Bertz CT molecular complexity index is 1060. The second kappa shape index (κ2) is 11.0. The van der Waals surface area contributed by atoms with Crippen LogP contribution in [0.5, 0.6) is 5.75 Å². The van der Waals surface area contributed by atoms with Crippen molar-refractivity contribution in [3.05, 3.63) is 42.5 Å². The number of esters is 4. The Morgan fingerprint density at radius 2 is 1.32 bits per heavy atom. The lowest BCUT2D eigenvalue weighted by atomic mass is 9.98. The molecular weight excluding hydrogens is 448 g/mol. The highest BCUT2D eigenvalue weighted by Crippen LogP contribution is 2.31. The van der Waals surface area contributed by atoms with Crippen LogP contribution >= 0.6 is 0 Å². The van der Waals surface area contributed by atoms with Crippen LogP contribution in [0.25, 0.3) is 10.8 Å². The molecule has 10 heteroatoms. The van der Waals surface area contributed by atoms with E-state index in [0.29, 0.717) is 5.75 Å². The first-order valence-electron chi connectivity index (χ1n) is 10.6. The molecule has 182 valence electrons. The van der Waals surface area contributed by atoms with E-state index >= 15 is 0 Å². The summed E-state index contributed by atoms with van der Waals surface area (Å²) in [4.78, 5) is 47.0. The van der Waals surface area contributed by atoms with Gasteiger partial charge in [0.15, 0.2) is 12.2 Å². The minimum absolute atomic E-state index is 0.324. The highest BCUT2D eigenvalue weighted by molar-refractivity contribution is 5.83. The van der Waals surface area contributed by atoms with E-state index < -0.39 is 54.6 Å². The molecule has 0 saturated carbocycles. The van der Waals surface area contributed by atoms with Crippen LogP contribution in [-0.2, 0) is 42.9 Å². The summed E-state index contributed by atoms with van der Waals surface area (Å²) in [6.07, 6.45) is -6.16. The third kappa shape index (κ3) is 6.44. The van der Waals surface area contributed by atoms with Crippen molar-refractivity contribution in [3.63, 3.8) is 0 Å². The number of carbonyl (C=O) groups excluding carboxylic acids is 4. The quantitative estimate of drug-likeness (QED) is 0.436. The third-order valence-electron chi connectivity index (χ3n) is 4.92. The van der Waals surface area contributed by atoms with Gasteiger partial charge < -0.3 is 28.4 Å². The van der Waals surface area contributed by atoms with Crippen molar-refractivity contribution >= 4 is 34.6 Å². The van der Waals surface area contributed by atoms with Gasteiger partial charge in [-0.15, -0.1) is 0 Å². The van der Waals surface area contributed by atoms with Crippen LogP contribution in [0.3, 0.4) is 0 Å². The molecule has 0 amide bonds. The number of benzene rings is 2. The van der Waals surface area contributed by atoms with Crippen molar-refractivity contribution in [1.29, 1.82) is 0 Å². The van der Waals surface area contributed by atoms with E-state index in [2.05, 4.69) is 0 Å². The van der Waals surface area contributed by atoms with Gasteiger partial charge in [0.2, 0.25) is 12.4 Å². The minimum atomic E-state index is -1.29. The summed E-state index contributed by atoms with van der Waals surface area (Å²) in [5.74, 6) is -2.31. The molecule has 34 heavy (non-hydrogen) atoms. The summed E-state index contributed by atoms with van der Waals surface area (Å²) in [5, 5.41) is 1.88. The second-order valence-corrected chi connectivity index (χ2v) is 7.69. The van der Waals surface area contributed by atoms with Crippen LogP contribution in [-0.4, -0.2) is 61.2 Å². The topological polar surface area (TPSA) is 124 Å². The molecule has 5 atom stereocenters. The molecular formula is C24H26O10. The zero-order valence-electron chi connectivity index (χ0n) is 19.2. The molecule has 3 rings (SSSR count). The number of fused-ring (bicyclic) bond motifs is 1. The van der Waals surface area contributed by atoms with Gasteiger partial charge in [0, 0.05) is 27.7 Å². The van der Waals surface area contributed by atoms with Gasteiger partial charge in [-0.2, -0.15) is 0 Å². The van der Waals surface area contributed by atoms with E-state index in [0.717, 1.165) is 24.6 Å². The number of hydrogen-bond acceptors (Lipinski definition) is 10. The Labute approximate surface area is 196 Å². The molecule has 1 heterocycles. The predicted octanol–water partition coefficient (Wildman–Crippen LogP) is 2.30. The Morgan fingerprint density at radius 1 is 0.735 bits per heavy atom. The van der Waals surface area contributed by atoms with E-state index in [1.54, 1.807) is 12.1 Å². The SMILES string of the molecule is CC(=O)OC[C@@H]1O[C@H](Oc2ccc3ccccc3c2)[C@@H](OC(C)=O)[C@H](OC(C)=O)[C@H]1OC(C)=O. The first-order chi connectivity index (χ1) is 16.1. The van der Waals surface area contributed by atoms with E-state index in [-0.39, 0.29) is 6.61 Å². The molecule has 1 aliphatic heterocycles. The van der Waals surface area contributed by atoms with Crippen molar-refractivity contribution in [2.45, 2.75) is 58.4 Å². The Kier molecular flexibility index (Phi) is 8.06. The molecule has 2 aromatic carbocycles. The summed E-state index contributed by atoms with van der Waals surface area (Å²) in [6, 6.07) is 12.9. The Hall–Kier alpha value is -3.66. The van der Waals surface area contributed by atoms with Crippen LogP contribution in [0.4, 0.5) is 0 Å². The number of rotatable bonds is 7. The lowest BCUT2D eigenvalue weighted by Crippen LogP contribution is -2.63. The van der Waals surface area contributed by atoms with E-state index in [1.165, 1.54) is 13.8 Å². The zero-order valence-corrected chi connectivity index (χ0v) is 19.2. The number of hydrogen-bond donors (Lipinski definition) is 0. The fourth-order valence-electron chi connectivity index (χ4n) is 3.66. The van der Waals surface area contributed by atoms with Crippen LogP contribution in [0.2, 0.25) is 0 Å². The molecule has 0 bridgehead atoms. The Balaban J connectivity index is 1.98. The van der Waals surface area contributed by atoms with Gasteiger partial charge in [-0.3, -0.25) is 19.2 Å². The molecule has 1 fully saturated rings. The van der Waals surface area contributed by atoms with E-state index in [9.17, 15) is 19.2 Å². The maximum atomic E-state index is 11.9. The predicted molar refractivity (Wildman–Crippen MR) is 117 cm³/mol. The van der Waals surface area contributed by atoms with Crippen molar-refractivity contribution in [2.24, 2.45) is 0 Å². The van der Waals surface area contributed by atoms with Crippen molar-refractivity contribution in [3.8, 4) is 5.75 Å². The molecule has 0 spiro atoms. The first kappa shape index (κ1) is 25.0. The molecule has 0 aromatic heterocycles. The van der Waals surface area contributed by atoms with Crippen LogP contribution in [0.1, 0.15) is 27.7 Å². The highest BCUT2D eigenvalue weighted by Gasteiger charge is 2.53. The average molecular weight is 474 g/mol. The highest BCUT2D eigenvalue weighted by atomic mass is 16.7. The second-order valence-electron chi connectivity index (χ2n) is 7.69. The molecule has 0 aliphatic carbocycles. The van der Waals surface area contributed by atoms with E-state index in [1.807, 2.05) is 30.3 Å². The minimum Gasteiger partial charge on any atom is -0.463 e. The zero-order chi connectivity index (χ0) is 24.8. The average Bonchev–Trinajstić information content (AvgIpc) is 2.75. The van der Waals surface area contributed by atoms with Gasteiger partial charge in [-0.1, -0.05) is 30.3 Å². The standard InChI is InChI=1S/C24H26O10/c1-13(25)29-12-20-21(30-14(2)26)22(31-15(3)27)23(32-16(4)28)24(34-20)33-19-10-9-17-7-5-6-8-18(17)11-19/h5-11,20-24H,12H2,1-4H3/t20-,21-,22+,23-,24-/m0/s1. The van der Waals surface area contributed by atoms with Gasteiger partial charge in [0.1, 0.15) is 18.5 Å². The van der Waals surface area contributed by atoms with Crippen molar-refractivity contribution in [1.82, 2.24) is 0 Å². The fraction of sp³-hybridized carbons (Fsp3) is 0.417. The number of ether oxygens (including phenoxy) is 6. The van der Waals surface area contributed by atoms with Crippen LogP contribution in [0.15, 0.2) is 42.5 Å². The summed E-state index contributed by atoms with van der Waals surface area (Å²) < 4.78 is 33.1. The Morgan fingerprint density at radius 3 is 1.94 bits per heavy atom. The fourth-order valence-corrected chi connectivity index (χ4v) is 3.66. The molecule has 0 radical (unpaired) electrons. The monoisotopic (exact) mass is 474 g/mol. The summed E-state index contributed by atoms with van der Waals surface area (Å²) >= 11 is 0. The van der Waals surface area contributed by atoms with Gasteiger partial charge >= 0.3 is 23.9 Å². The molecule has 10 nitrogen and oxygen atoms in total. The van der Waals surface area contributed by atoms with Crippen molar-refractivity contribution < 1.29 is 47.6 Å². The molecule has 1 aliphatic rings. The molecule has 0 N–H and O–H groups in total. The maximum Gasteiger partial charge on any atom is 0.303 e. The van der Waals surface area contributed by atoms with E-state index in [4.69, 9.17) is 28.4 Å². The summed E-state index contributed by atoms with van der Waals surface area (Å²) in [6.45, 7) is 4.37. The number of carbonyl (C=O) groups is 4. The third-order valence-corrected chi connectivity index (χ3v) is 4.92. The summed E-state index contributed by atoms with van der Waals surface area (Å²) in [5.41, 5.74) is 0. The maximum absolute atomic E-state index is 11.9. The van der Waals surface area contributed by atoms with Crippen molar-refractivity contribution in [2.75, 3.05) is 6.61 Å². The van der Waals surface area contributed by atoms with Gasteiger partial charge in [-0.05, 0) is 22.9 Å². The summed E-state index contributed by atoms with van der Waals surface area (Å²) in [7, 11) is 0. The normalized spacial score (nSPS) is 24.1. The van der Waals surface area contributed by atoms with Gasteiger partial charge in [-0.25, -0.2) is 0 Å². The van der Waals surface area contributed by atoms with Gasteiger partial charge in [0.25, 0.3) is 0 Å². The lowest BCUT2D eigenvalue weighted by molar-refractivity contribution is -0.288. The lowest BCUT2D eigenvalue weighted by Gasteiger charge is -2.43. The van der Waals surface area contributed by atoms with Gasteiger partial charge in [0.05, 0.1) is 0 Å². The molecule has 1 saturated heterocycles. The first-order valence-corrected chi connectivity index (χ1v) is 10.6. The van der Waals surface area contributed by atoms with Crippen LogP contribution in [0, 0.1) is 0 Å². The van der Waals surface area contributed by atoms with Crippen LogP contribution < -0.4 is 4.74 Å². The molecule has 2 aromatic rings. The smallest absolute Gasteiger partial charge is 0.303 e. The molecule has 0 unspecified atom stereocenters.